The first kappa shape index (κ1) is 16.1. The minimum absolute atomic E-state index is 0.00403. The molecule has 2 saturated heterocycles. The van der Waals surface area contributed by atoms with Crippen molar-refractivity contribution >= 4 is 11.7 Å². The maximum atomic E-state index is 13.2. The van der Waals surface area contributed by atoms with Crippen LogP contribution in [0.2, 0.25) is 0 Å². The zero-order valence-electron chi connectivity index (χ0n) is 14.5. The smallest absolute Gasteiger partial charge is 0.228 e. The first-order valence-electron chi connectivity index (χ1n) is 8.99. The molecule has 2 aliphatic rings. The van der Waals surface area contributed by atoms with E-state index in [1.807, 2.05) is 23.1 Å². The Kier molecular flexibility index (Phi) is 4.38. The first-order valence-corrected chi connectivity index (χ1v) is 8.99. The Morgan fingerprint density at radius 3 is 2.88 bits per heavy atom. The van der Waals surface area contributed by atoms with Gasteiger partial charge >= 0.3 is 0 Å². The summed E-state index contributed by atoms with van der Waals surface area (Å²) in [7, 11) is 0. The minimum atomic E-state index is -0.0461. The highest BCUT2D eigenvalue weighted by Gasteiger charge is 2.37. The van der Waals surface area contributed by atoms with E-state index in [0.29, 0.717) is 11.7 Å². The van der Waals surface area contributed by atoms with E-state index in [1.54, 1.807) is 13.1 Å². The van der Waals surface area contributed by atoms with Gasteiger partial charge in [0.25, 0.3) is 0 Å². The maximum absolute atomic E-state index is 13.2. The molecule has 2 aromatic heterocycles. The molecule has 0 bridgehead atoms. The highest BCUT2D eigenvalue weighted by molar-refractivity contribution is 5.80. The second-order valence-electron chi connectivity index (χ2n) is 6.83. The summed E-state index contributed by atoms with van der Waals surface area (Å²) in [5, 5.41) is 4.04. The lowest BCUT2D eigenvalue weighted by Crippen LogP contribution is -2.45. The zero-order chi connectivity index (χ0) is 17.2. The first-order chi connectivity index (χ1) is 12.2. The predicted molar refractivity (Wildman–Crippen MR) is 91.9 cm³/mol. The number of aryl methyl sites for hydroxylation is 1. The molecule has 1 amide bonds. The van der Waals surface area contributed by atoms with Crippen molar-refractivity contribution < 1.29 is 9.32 Å². The minimum Gasteiger partial charge on any atom is -0.356 e. The molecule has 0 unspecified atom stereocenters. The summed E-state index contributed by atoms with van der Waals surface area (Å²) in [6, 6.07) is 5.86. The van der Waals surface area contributed by atoms with Crippen molar-refractivity contribution in [2.45, 2.75) is 38.6 Å². The number of aromatic nitrogens is 3. The summed E-state index contributed by atoms with van der Waals surface area (Å²) in [4.78, 5) is 26.1. The number of hydrogen-bond donors (Lipinski definition) is 0. The molecule has 7 nitrogen and oxygen atoms in total. The number of likely N-dealkylation sites (tertiary alicyclic amines) is 1. The van der Waals surface area contributed by atoms with E-state index in [2.05, 4.69) is 20.0 Å². The predicted octanol–water partition coefficient (Wildman–Crippen LogP) is 2.35. The average molecular weight is 341 g/mol. The van der Waals surface area contributed by atoms with Gasteiger partial charge in [0, 0.05) is 32.8 Å². The standard InChI is InChI=1S/C18H23N5O2/c1-13-20-17(21-25-13)15-7-5-11-23(15)18(24)14-6-4-10-22(12-14)16-8-2-3-9-19-16/h2-3,8-9,14-15H,4-7,10-12H2,1H3/t14-,15+/m0/s1. The summed E-state index contributed by atoms with van der Waals surface area (Å²) in [6.45, 7) is 4.24. The van der Waals surface area contributed by atoms with Gasteiger partial charge in [-0.15, -0.1) is 0 Å². The fraction of sp³-hybridized carbons (Fsp3) is 0.556. The summed E-state index contributed by atoms with van der Waals surface area (Å²) in [6.07, 6.45) is 5.63. The molecule has 4 heterocycles. The second kappa shape index (κ2) is 6.82. The molecule has 132 valence electrons. The van der Waals surface area contributed by atoms with Gasteiger partial charge in [-0.2, -0.15) is 4.98 Å². The van der Waals surface area contributed by atoms with Crippen molar-refractivity contribution in [2.75, 3.05) is 24.5 Å². The normalized spacial score (nSPS) is 23.9. The van der Waals surface area contributed by atoms with Crippen LogP contribution < -0.4 is 4.90 Å². The van der Waals surface area contributed by atoms with Crippen molar-refractivity contribution in [3.63, 3.8) is 0 Å². The molecule has 2 fully saturated rings. The van der Waals surface area contributed by atoms with Gasteiger partial charge in [0.15, 0.2) is 5.82 Å². The summed E-state index contributed by atoms with van der Waals surface area (Å²) >= 11 is 0. The Morgan fingerprint density at radius 2 is 2.12 bits per heavy atom. The fourth-order valence-corrected chi connectivity index (χ4v) is 3.91. The number of rotatable bonds is 3. The number of pyridine rings is 1. The largest absolute Gasteiger partial charge is 0.356 e. The Morgan fingerprint density at radius 1 is 1.24 bits per heavy atom. The van der Waals surface area contributed by atoms with Crippen LogP contribution in [0.25, 0.3) is 0 Å². The van der Waals surface area contributed by atoms with Crippen LogP contribution in [0, 0.1) is 12.8 Å². The number of amides is 1. The van der Waals surface area contributed by atoms with Crippen molar-refractivity contribution in [1.29, 1.82) is 0 Å². The van der Waals surface area contributed by atoms with Crippen molar-refractivity contribution in [3.8, 4) is 0 Å². The molecule has 2 atom stereocenters. The Labute approximate surface area is 147 Å². The van der Waals surface area contributed by atoms with Gasteiger partial charge in [0.2, 0.25) is 11.8 Å². The maximum Gasteiger partial charge on any atom is 0.228 e. The van der Waals surface area contributed by atoms with Gasteiger partial charge in [-0.05, 0) is 37.8 Å². The summed E-state index contributed by atoms with van der Waals surface area (Å²) in [5.74, 6) is 2.36. The number of carbonyl (C=O) groups excluding carboxylic acids is 1. The summed E-state index contributed by atoms with van der Waals surface area (Å²) in [5.41, 5.74) is 0. The number of piperidine rings is 1. The molecular formula is C18H23N5O2. The molecule has 0 N–H and O–H groups in total. The third-order valence-electron chi connectivity index (χ3n) is 5.12. The molecule has 0 saturated carbocycles. The van der Waals surface area contributed by atoms with Gasteiger partial charge < -0.3 is 14.3 Å². The molecule has 0 aliphatic carbocycles. The van der Waals surface area contributed by atoms with Crippen LogP contribution in [0.1, 0.15) is 43.4 Å². The van der Waals surface area contributed by atoms with E-state index >= 15 is 0 Å². The van der Waals surface area contributed by atoms with E-state index in [0.717, 1.165) is 51.1 Å². The SMILES string of the molecule is Cc1nc([C@H]2CCCN2C(=O)[C@H]2CCCN(c3ccccn3)C2)no1. The van der Waals surface area contributed by atoms with Crippen molar-refractivity contribution in [2.24, 2.45) is 5.92 Å². The number of carbonyl (C=O) groups is 1. The lowest BCUT2D eigenvalue weighted by molar-refractivity contribution is -0.137. The van der Waals surface area contributed by atoms with E-state index in [9.17, 15) is 4.79 Å². The van der Waals surface area contributed by atoms with E-state index in [-0.39, 0.29) is 17.9 Å². The van der Waals surface area contributed by atoms with Crippen LogP contribution in [0.3, 0.4) is 0 Å². The quantitative estimate of drug-likeness (QED) is 0.853. The van der Waals surface area contributed by atoms with Gasteiger partial charge in [0.1, 0.15) is 5.82 Å². The molecule has 25 heavy (non-hydrogen) atoms. The van der Waals surface area contributed by atoms with Crippen LogP contribution in [-0.2, 0) is 4.79 Å². The van der Waals surface area contributed by atoms with Crippen LogP contribution in [-0.4, -0.2) is 45.6 Å². The van der Waals surface area contributed by atoms with Gasteiger partial charge in [-0.1, -0.05) is 11.2 Å². The fourth-order valence-electron chi connectivity index (χ4n) is 3.91. The number of nitrogens with zero attached hydrogens (tertiary/aromatic N) is 5. The highest BCUT2D eigenvalue weighted by Crippen LogP contribution is 2.33. The molecular weight excluding hydrogens is 318 g/mol. The van der Waals surface area contributed by atoms with Crippen molar-refractivity contribution in [3.05, 3.63) is 36.1 Å². The molecule has 4 rings (SSSR count). The highest BCUT2D eigenvalue weighted by atomic mass is 16.5. The topological polar surface area (TPSA) is 75.4 Å². The number of hydrogen-bond acceptors (Lipinski definition) is 6. The Bertz CT molecular complexity index is 732. The lowest BCUT2D eigenvalue weighted by atomic mass is 9.96. The molecule has 0 aromatic carbocycles. The van der Waals surface area contributed by atoms with Crippen LogP contribution in [0.4, 0.5) is 5.82 Å². The average Bonchev–Trinajstić information content (AvgIpc) is 3.30. The van der Waals surface area contributed by atoms with Crippen LogP contribution >= 0.6 is 0 Å². The van der Waals surface area contributed by atoms with Gasteiger partial charge in [-0.3, -0.25) is 4.79 Å². The molecule has 0 radical (unpaired) electrons. The van der Waals surface area contributed by atoms with Gasteiger partial charge in [-0.25, -0.2) is 4.98 Å². The third kappa shape index (κ3) is 3.23. The number of anilines is 1. The van der Waals surface area contributed by atoms with E-state index in [4.69, 9.17) is 4.52 Å². The van der Waals surface area contributed by atoms with E-state index < -0.39 is 0 Å². The van der Waals surface area contributed by atoms with Crippen LogP contribution in [0.15, 0.2) is 28.9 Å². The second-order valence-corrected chi connectivity index (χ2v) is 6.83. The monoisotopic (exact) mass is 341 g/mol. The summed E-state index contributed by atoms with van der Waals surface area (Å²) < 4.78 is 5.11. The molecule has 2 aliphatic heterocycles. The van der Waals surface area contributed by atoms with Crippen molar-refractivity contribution in [1.82, 2.24) is 20.0 Å². The Balaban J connectivity index is 1.48. The van der Waals surface area contributed by atoms with E-state index in [1.165, 1.54) is 0 Å². The third-order valence-corrected chi connectivity index (χ3v) is 5.12. The lowest BCUT2D eigenvalue weighted by Gasteiger charge is -2.35. The Hall–Kier alpha value is -2.44. The van der Waals surface area contributed by atoms with Gasteiger partial charge in [0.05, 0.1) is 12.0 Å². The molecule has 2 aromatic rings. The zero-order valence-corrected chi connectivity index (χ0v) is 14.5. The van der Waals surface area contributed by atoms with Crippen LogP contribution in [0.5, 0.6) is 0 Å². The molecule has 0 spiro atoms. The molecule has 7 heteroatoms.